The third-order valence-electron chi connectivity index (χ3n) is 2.65. The SMILES string of the molecule is C[C@@H]1S/C(=N\N=C/c2ccc(N(C)C)cc2)NC1=O. The summed E-state index contributed by atoms with van der Waals surface area (Å²) in [5.41, 5.74) is 2.10. The Morgan fingerprint density at radius 1 is 1.32 bits per heavy atom. The van der Waals surface area contributed by atoms with E-state index in [4.69, 9.17) is 0 Å². The van der Waals surface area contributed by atoms with Gasteiger partial charge in [-0.1, -0.05) is 23.9 Å². The van der Waals surface area contributed by atoms with Crippen molar-refractivity contribution < 1.29 is 4.79 Å². The molecule has 1 amide bonds. The number of nitrogens with one attached hydrogen (secondary N) is 1. The Hall–Kier alpha value is -1.82. The van der Waals surface area contributed by atoms with Crippen molar-refractivity contribution in [3.63, 3.8) is 0 Å². The second-order valence-electron chi connectivity index (χ2n) is 4.39. The Morgan fingerprint density at radius 2 is 2.00 bits per heavy atom. The van der Waals surface area contributed by atoms with Gasteiger partial charge in [-0.15, -0.1) is 5.10 Å². The number of amides is 1. The average molecular weight is 276 g/mol. The van der Waals surface area contributed by atoms with Gasteiger partial charge in [0.25, 0.3) is 0 Å². The van der Waals surface area contributed by atoms with E-state index in [0.29, 0.717) is 5.17 Å². The molecule has 0 aromatic heterocycles. The number of carbonyl (C=O) groups excluding carboxylic acids is 1. The van der Waals surface area contributed by atoms with Crippen molar-refractivity contribution >= 4 is 34.7 Å². The van der Waals surface area contributed by atoms with Gasteiger partial charge in [0.1, 0.15) is 0 Å². The molecule has 2 rings (SSSR count). The van der Waals surface area contributed by atoms with E-state index in [0.717, 1.165) is 11.3 Å². The molecule has 1 atom stereocenters. The predicted octanol–water partition coefficient (Wildman–Crippen LogP) is 1.69. The molecule has 19 heavy (non-hydrogen) atoms. The van der Waals surface area contributed by atoms with E-state index in [1.807, 2.05) is 50.2 Å². The van der Waals surface area contributed by atoms with Crippen LogP contribution < -0.4 is 10.2 Å². The van der Waals surface area contributed by atoms with Crippen LogP contribution in [0.2, 0.25) is 0 Å². The summed E-state index contributed by atoms with van der Waals surface area (Å²) in [7, 11) is 3.99. The molecule has 0 radical (unpaired) electrons. The molecule has 6 heteroatoms. The second-order valence-corrected chi connectivity index (χ2v) is 5.71. The van der Waals surface area contributed by atoms with Gasteiger partial charge in [-0.3, -0.25) is 4.79 Å². The lowest BCUT2D eigenvalue weighted by Gasteiger charge is -2.11. The lowest BCUT2D eigenvalue weighted by atomic mass is 10.2. The van der Waals surface area contributed by atoms with E-state index in [1.54, 1.807) is 6.21 Å². The molecule has 5 nitrogen and oxygen atoms in total. The van der Waals surface area contributed by atoms with E-state index in [2.05, 4.69) is 15.5 Å². The van der Waals surface area contributed by atoms with E-state index in [9.17, 15) is 4.79 Å². The zero-order chi connectivity index (χ0) is 13.8. The first-order valence-corrected chi connectivity index (χ1v) is 6.80. The number of hydrogen-bond donors (Lipinski definition) is 1. The molecule has 0 unspecified atom stereocenters. The number of benzene rings is 1. The van der Waals surface area contributed by atoms with Crippen LogP contribution in [-0.4, -0.2) is 36.6 Å². The number of amidine groups is 1. The molecule has 1 heterocycles. The summed E-state index contributed by atoms with van der Waals surface area (Å²) < 4.78 is 0. The van der Waals surface area contributed by atoms with Crippen LogP contribution >= 0.6 is 11.8 Å². The van der Waals surface area contributed by atoms with Crippen LogP contribution in [0.1, 0.15) is 12.5 Å². The molecule has 100 valence electrons. The number of carbonyl (C=O) groups is 1. The van der Waals surface area contributed by atoms with Gasteiger partial charge in [0.05, 0.1) is 11.5 Å². The molecule has 1 aliphatic rings. The van der Waals surface area contributed by atoms with Gasteiger partial charge < -0.3 is 10.2 Å². The van der Waals surface area contributed by atoms with E-state index >= 15 is 0 Å². The Bertz CT molecular complexity index is 522. The van der Waals surface area contributed by atoms with Crippen molar-refractivity contribution in [3.05, 3.63) is 29.8 Å². The minimum atomic E-state index is -0.0895. The molecule has 0 saturated carbocycles. The van der Waals surface area contributed by atoms with Gasteiger partial charge in [-0.05, 0) is 24.6 Å². The van der Waals surface area contributed by atoms with Gasteiger partial charge in [0.2, 0.25) is 5.91 Å². The lowest BCUT2D eigenvalue weighted by molar-refractivity contribution is -0.118. The molecular weight excluding hydrogens is 260 g/mol. The highest BCUT2D eigenvalue weighted by molar-refractivity contribution is 8.15. The molecule has 0 spiro atoms. The van der Waals surface area contributed by atoms with Gasteiger partial charge >= 0.3 is 0 Å². The number of rotatable bonds is 3. The summed E-state index contributed by atoms with van der Waals surface area (Å²) in [6, 6.07) is 7.98. The summed E-state index contributed by atoms with van der Waals surface area (Å²) in [6.45, 7) is 1.84. The fourth-order valence-corrected chi connectivity index (χ4v) is 2.27. The fourth-order valence-electron chi connectivity index (χ4n) is 1.51. The zero-order valence-electron chi connectivity index (χ0n) is 11.1. The van der Waals surface area contributed by atoms with Gasteiger partial charge in [0.15, 0.2) is 5.17 Å². The topological polar surface area (TPSA) is 57.1 Å². The first-order chi connectivity index (χ1) is 9.06. The monoisotopic (exact) mass is 276 g/mol. The summed E-state index contributed by atoms with van der Waals surface area (Å²) in [5.74, 6) is -0.0192. The molecule has 1 saturated heterocycles. The van der Waals surface area contributed by atoms with Crippen LogP contribution in [-0.2, 0) is 4.79 Å². The molecule has 0 aliphatic carbocycles. The Balaban J connectivity index is 1.99. The van der Waals surface area contributed by atoms with Crippen LogP contribution in [0.3, 0.4) is 0 Å². The number of thioether (sulfide) groups is 1. The van der Waals surface area contributed by atoms with Crippen LogP contribution in [0.5, 0.6) is 0 Å². The molecule has 1 aromatic rings. The Morgan fingerprint density at radius 3 is 2.53 bits per heavy atom. The van der Waals surface area contributed by atoms with Crippen LogP contribution in [0, 0.1) is 0 Å². The smallest absolute Gasteiger partial charge is 0.239 e. The fraction of sp³-hybridized carbons (Fsp3) is 0.308. The molecule has 1 N–H and O–H groups in total. The molecule has 1 fully saturated rings. The van der Waals surface area contributed by atoms with Gasteiger partial charge in [0, 0.05) is 19.8 Å². The maximum Gasteiger partial charge on any atom is 0.239 e. The zero-order valence-corrected chi connectivity index (χ0v) is 11.9. The largest absolute Gasteiger partial charge is 0.378 e. The van der Waals surface area contributed by atoms with Crippen molar-refractivity contribution in [2.75, 3.05) is 19.0 Å². The first kappa shape index (κ1) is 13.6. The summed E-state index contributed by atoms with van der Waals surface area (Å²) >= 11 is 1.38. The van der Waals surface area contributed by atoms with Crippen molar-refractivity contribution in [2.24, 2.45) is 10.2 Å². The van der Waals surface area contributed by atoms with Gasteiger partial charge in [-0.25, -0.2) is 0 Å². The highest BCUT2D eigenvalue weighted by Gasteiger charge is 2.25. The summed E-state index contributed by atoms with van der Waals surface area (Å²) in [5, 5.41) is 11.1. The predicted molar refractivity (Wildman–Crippen MR) is 81.0 cm³/mol. The molecule has 1 aliphatic heterocycles. The third kappa shape index (κ3) is 3.57. The second kappa shape index (κ2) is 5.88. The average Bonchev–Trinajstić information content (AvgIpc) is 2.69. The minimum Gasteiger partial charge on any atom is -0.378 e. The molecule has 0 bridgehead atoms. The maximum atomic E-state index is 11.2. The van der Waals surface area contributed by atoms with Gasteiger partial charge in [-0.2, -0.15) is 5.10 Å². The van der Waals surface area contributed by atoms with Crippen molar-refractivity contribution in [3.8, 4) is 0 Å². The van der Waals surface area contributed by atoms with Crippen molar-refractivity contribution in [1.82, 2.24) is 5.32 Å². The lowest BCUT2D eigenvalue weighted by Crippen LogP contribution is -2.23. The van der Waals surface area contributed by atoms with E-state index in [-0.39, 0.29) is 11.2 Å². The van der Waals surface area contributed by atoms with Crippen LogP contribution in [0.25, 0.3) is 0 Å². The van der Waals surface area contributed by atoms with E-state index < -0.39 is 0 Å². The van der Waals surface area contributed by atoms with E-state index in [1.165, 1.54) is 11.8 Å². The van der Waals surface area contributed by atoms with Crippen LogP contribution in [0.15, 0.2) is 34.5 Å². The molecule has 1 aromatic carbocycles. The minimum absolute atomic E-state index is 0.0192. The van der Waals surface area contributed by atoms with Crippen molar-refractivity contribution in [1.29, 1.82) is 0 Å². The quantitative estimate of drug-likeness (QED) is 0.675. The normalized spacial score (nSPS) is 21.1. The number of hydrogen-bond acceptors (Lipinski definition) is 5. The molecular formula is C13H16N4OS. The Labute approximate surface area is 116 Å². The maximum absolute atomic E-state index is 11.2. The summed E-state index contributed by atoms with van der Waals surface area (Å²) in [4.78, 5) is 13.3. The summed E-state index contributed by atoms with van der Waals surface area (Å²) in [6.07, 6.45) is 1.67. The standard InChI is InChI=1S/C13H16N4OS/c1-9-12(18)15-13(19-9)16-14-8-10-4-6-11(7-5-10)17(2)3/h4-9H,1-3H3,(H,15,16,18)/b14-8-/t9-/m0/s1. The van der Waals surface area contributed by atoms with Crippen LogP contribution in [0.4, 0.5) is 5.69 Å². The third-order valence-corrected chi connectivity index (χ3v) is 3.63. The highest BCUT2D eigenvalue weighted by atomic mass is 32.2. The Kier molecular flexibility index (Phi) is 4.21. The van der Waals surface area contributed by atoms with Crippen molar-refractivity contribution in [2.45, 2.75) is 12.2 Å². The number of anilines is 1. The first-order valence-electron chi connectivity index (χ1n) is 5.92. The highest BCUT2D eigenvalue weighted by Crippen LogP contribution is 2.18. The number of nitrogens with zero attached hydrogens (tertiary/aromatic N) is 3.